The maximum atomic E-state index is 12.8. The highest BCUT2D eigenvalue weighted by Crippen LogP contribution is 2.24. The molecule has 5 nitrogen and oxygen atoms in total. The monoisotopic (exact) mass is 448 g/mol. The average molecular weight is 449 g/mol. The van der Waals surface area contributed by atoms with Gasteiger partial charge in [0.1, 0.15) is 0 Å². The molecule has 0 saturated carbocycles. The second kappa shape index (κ2) is 9.94. The first-order valence-electron chi connectivity index (χ1n) is 10.4. The van der Waals surface area contributed by atoms with E-state index in [0.29, 0.717) is 36.5 Å². The van der Waals surface area contributed by atoms with Crippen LogP contribution in [0.4, 0.5) is 0 Å². The summed E-state index contributed by atoms with van der Waals surface area (Å²) in [5, 5.41) is 3.73. The van der Waals surface area contributed by atoms with E-state index in [1.165, 1.54) is 9.87 Å². The van der Waals surface area contributed by atoms with E-state index in [2.05, 4.69) is 24.4 Å². The zero-order valence-corrected chi connectivity index (χ0v) is 19.0. The van der Waals surface area contributed by atoms with Crippen molar-refractivity contribution in [2.45, 2.75) is 44.9 Å². The third kappa shape index (κ3) is 5.84. The number of nitrogens with zero attached hydrogens (tertiary/aromatic N) is 1. The molecule has 1 atom stereocenters. The van der Waals surface area contributed by atoms with Crippen molar-refractivity contribution in [1.29, 1.82) is 0 Å². The Labute approximate surface area is 184 Å². The minimum Gasteiger partial charge on any atom is -0.349 e. The van der Waals surface area contributed by atoms with Gasteiger partial charge in [0, 0.05) is 24.0 Å². The minimum atomic E-state index is -3.41. The van der Waals surface area contributed by atoms with Gasteiger partial charge in [0.25, 0.3) is 0 Å². The lowest BCUT2D eigenvalue weighted by Crippen LogP contribution is -2.44. The standard InChI is InChI=1S/C23H29ClN2O3S/c1-3-22(19-8-4-17(2)5-9-19)25-23(27)20-12-14-26(15-13-20)30(28,29)16-18-6-10-21(24)11-7-18/h4-11,20,22H,3,12-16H2,1-2H3,(H,25,27)/t22-/m1/s1. The first-order chi connectivity index (χ1) is 14.3. The second-order valence-corrected chi connectivity index (χ2v) is 10.3. The van der Waals surface area contributed by atoms with Gasteiger partial charge in [-0.3, -0.25) is 4.79 Å². The summed E-state index contributed by atoms with van der Waals surface area (Å²) in [5.41, 5.74) is 3.00. The number of amides is 1. The predicted molar refractivity (Wildman–Crippen MR) is 121 cm³/mol. The SMILES string of the molecule is CC[C@@H](NC(=O)C1CCN(S(=O)(=O)Cc2ccc(Cl)cc2)CC1)c1ccc(C)cc1. The molecule has 1 aliphatic heterocycles. The molecule has 162 valence electrons. The summed E-state index contributed by atoms with van der Waals surface area (Å²) in [6, 6.07) is 15.0. The lowest BCUT2D eigenvalue weighted by Gasteiger charge is -2.31. The molecule has 1 fully saturated rings. The Morgan fingerprint density at radius 1 is 1.10 bits per heavy atom. The molecule has 0 radical (unpaired) electrons. The fourth-order valence-electron chi connectivity index (χ4n) is 3.79. The first-order valence-corrected chi connectivity index (χ1v) is 12.4. The highest BCUT2D eigenvalue weighted by molar-refractivity contribution is 7.88. The van der Waals surface area contributed by atoms with Crippen LogP contribution in [0.15, 0.2) is 48.5 Å². The van der Waals surface area contributed by atoms with Crippen LogP contribution in [0, 0.1) is 12.8 Å². The molecule has 0 aromatic heterocycles. The Balaban J connectivity index is 1.55. The smallest absolute Gasteiger partial charge is 0.223 e. The quantitative estimate of drug-likeness (QED) is 0.680. The van der Waals surface area contributed by atoms with Gasteiger partial charge in [0.15, 0.2) is 0 Å². The highest BCUT2D eigenvalue weighted by atomic mass is 35.5. The molecule has 7 heteroatoms. The molecule has 1 heterocycles. The van der Waals surface area contributed by atoms with E-state index < -0.39 is 10.0 Å². The van der Waals surface area contributed by atoms with E-state index in [1.807, 2.05) is 19.1 Å². The fraction of sp³-hybridized carbons (Fsp3) is 0.435. The predicted octanol–water partition coefficient (Wildman–Crippen LogP) is 4.46. The van der Waals surface area contributed by atoms with Gasteiger partial charge in [0.2, 0.25) is 15.9 Å². The lowest BCUT2D eigenvalue weighted by atomic mass is 9.95. The number of carbonyl (C=O) groups excluding carboxylic acids is 1. The maximum Gasteiger partial charge on any atom is 0.223 e. The van der Waals surface area contributed by atoms with Gasteiger partial charge in [-0.05, 0) is 49.4 Å². The van der Waals surface area contributed by atoms with Crippen LogP contribution in [-0.4, -0.2) is 31.7 Å². The van der Waals surface area contributed by atoms with Crippen molar-refractivity contribution < 1.29 is 13.2 Å². The largest absolute Gasteiger partial charge is 0.349 e. The van der Waals surface area contributed by atoms with Gasteiger partial charge in [-0.2, -0.15) is 0 Å². The first kappa shape index (κ1) is 22.8. The Bertz CT molecular complexity index is 951. The zero-order valence-electron chi connectivity index (χ0n) is 17.5. The molecule has 1 aliphatic rings. The number of nitrogens with one attached hydrogen (secondary N) is 1. The van der Waals surface area contributed by atoms with Gasteiger partial charge in [-0.1, -0.05) is 60.5 Å². The van der Waals surface area contributed by atoms with Crippen molar-refractivity contribution in [2.75, 3.05) is 13.1 Å². The molecular weight excluding hydrogens is 420 g/mol. The van der Waals surface area contributed by atoms with E-state index in [4.69, 9.17) is 11.6 Å². The molecule has 0 aliphatic carbocycles. The molecular formula is C23H29ClN2O3S. The Hall–Kier alpha value is -1.89. The van der Waals surface area contributed by atoms with Crippen LogP contribution in [0.25, 0.3) is 0 Å². The number of sulfonamides is 1. The molecule has 30 heavy (non-hydrogen) atoms. The molecule has 0 spiro atoms. The Morgan fingerprint density at radius 3 is 2.27 bits per heavy atom. The van der Waals surface area contributed by atoms with Crippen LogP contribution >= 0.6 is 11.6 Å². The van der Waals surface area contributed by atoms with Crippen molar-refractivity contribution in [3.63, 3.8) is 0 Å². The number of halogens is 1. The highest BCUT2D eigenvalue weighted by Gasteiger charge is 2.31. The number of aryl methyl sites for hydroxylation is 1. The normalized spacial score (nSPS) is 16.9. The van der Waals surface area contributed by atoms with Crippen LogP contribution < -0.4 is 5.32 Å². The maximum absolute atomic E-state index is 12.8. The van der Waals surface area contributed by atoms with Gasteiger partial charge in [-0.15, -0.1) is 0 Å². The van der Waals surface area contributed by atoms with E-state index >= 15 is 0 Å². The summed E-state index contributed by atoms with van der Waals surface area (Å²) in [5.74, 6) is -0.199. The number of carbonyl (C=O) groups is 1. The van der Waals surface area contributed by atoms with Gasteiger partial charge in [0.05, 0.1) is 11.8 Å². The fourth-order valence-corrected chi connectivity index (χ4v) is 5.48. The molecule has 3 rings (SSSR count). The Kier molecular flexibility index (Phi) is 7.55. The van der Waals surface area contributed by atoms with Crippen molar-refractivity contribution in [1.82, 2.24) is 9.62 Å². The lowest BCUT2D eigenvalue weighted by molar-refractivity contribution is -0.126. The van der Waals surface area contributed by atoms with E-state index in [0.717, 1.165) is 12.0 Å². The van der Waals surface area contributed by atoms with Crippen molar-refractivity contribution in [2.24, 2.45) is 5.92 Å². The number of piperidine rings is 1. The van der Waals surface area contributed by atoms with Crippen LogP contribution in [0.2, 0.25) is 5.02 Å². The average Bonchev–Trinajstić information content (AvgIpc) is 2.74. The molecule has 0 bridgehead atoms. The summed E-state index contributed by atoms with van der Waals surface area (Å²) < 4.78 is 27.0. The molecule has 2 aromatic carbocycles. The van der Waals surface area contributed by atoms with Gasteiger partial charge in [-0.25, -0.2) is 12.7 Å². The molecule has 2 aromatic rings. The van der Waals surface area contributed by atoms with E-state index in [-0.39, 0.29) is 23.6 Å². The summed E-state index contributed by atoms with van der Waals surface area (Å²) in [6.45, 7) is 4.83. The molecule has 1 saturated heterocycles. The van der Waals surface area contributed by atoms with Crippen LogP contribution in [-0.2, 0) is 20.6 Å². The third-order valence-corrected chi connectivity index (χ3v) is 7.79. The van der Waals surface area contributed by atoms with Crippen molar-refractivity contribution in [3.8, 4) is 0 Å². The van der Waals surface area contributed by atoms with Gasteiger partial charge < -0.3 is 5.32 Å². The molecule has 0 unspecified atom stereocenters. The number of hydrogen-bond acceptors (Lipinski definition) is 3. The van der Waals surface area contributed by atoms with E-state index in [1.54, 1.807) is 24.3 Å². The van der Waals surface area contributed by atoms with Crippen molar-refractivity contribution in [3.05, 3.63) is 70.2 Å². The number of rotatable bonds is 7. The molecule has 1 N–H and O–H groups in total. The minimum absolute atomic E-state index is 0.0113. The van der Waals surface area contributed by atoms with Crippen LogP contribution in [0.3, 0.4) is 0 Å². The zero-order chi connectivity index (χ0) is 21.7. The topological polar surface area (TPSA) is 66.5 Å². The van der Waals surface area contributed by atoms with Crippen LogP contribution in [0.1, 0.15) is 48.9 Å². The number of hydrogen-bond donors (Lipinski definition) is 1. The molecule has 1 amide bonds. The number of benzene rings is 2. The Morgan fingerprint density at radius 2 is 1.70 bits per heavy atom. The second-order valence-electron chi connectivity index (χ2n) is 7.94. The van der Waals surface area contributed by atoms with Crippen LogP contribution in [0.5, 0.6) is 0 Å². The van der Waals surface area contributed by atoms with Gasteiger partial charge >= 0.3 is 0 Å². The summed E-state index contributed by atoms with van der Waals surface area (Å²) in [7, 11) is -3.41. The summed E-state index contributed by atoms with van der Waals surface area (Å²) in [6.07, 6.45) is 1.88. The summed E-state index contributed by atoms with van der Waals surface area (Å²) in [4.78, 5) is 12.8. The van der Waals surface area contributed by atoms with Crippen molar-refractivity contribution >= 4 is 27.5 Å². The third-order valence-electron chi connectivity index (χ3n) is 5.68. The van der Waals surface area contributed by atoms with E-state index in [9.17, 15) is 13.2 Å². The summed E-state index contributed by atoms with van der Waals surface area (Å²) >= 11 is 5.87.